The molecule has 0 aromatic heterocycles. The molecule has 1 rings (SSSR count). The van der Waals surface area contributed by atoms with Crippen molar-refractivity contribution in [2.75, 3.05) is 5.75 Å². The Morgan fingerprint density at radius 2 is 2.06 bits per heavy atom. The smallest absolute Gasteiger partial charge is 0.0178 e. The largest absolute Gasteiger partial charge is 0.327 e. The fourth-order valence-corrected chi connectivity index (χ4v) is 3.39. The van der Waals surface area contributed by atoms with Crippen molar-refractivity contribution >= 4 is 27.7 Å². The zero-order valence-electron chi connectivity index (χ0n) is 11.6. The molecule has 1 atom stereocenters. The molecule has 3 heteroatoms. The van der Waals surface area contributed by atoms with Crippen LogP contribution in [0.3, 0.4) is 0 Å². The zero-order valence-corrected chi connectivity index (χ0v) is 14.0. The summed E-state index contributed by atoms with van der Waals surface area (Å²) in [5, 5.41) is 0. The standard InChI is InChI=1S/C15H24BrNS/c1-4-14(17)10-12-9-13(16)5-6-15(12)18-8-7-11(2)3/h5-6,9,11,14H,4,7-8,10,17H2,1-3H3. The van der Waals surface area contributed by atoms with Crippen LogP contribution < -0.4 is 5.73 Å². The highest BCUT2D eigenvalue weighted by Gasteiger charge is 2.08. The highest BCUT2D eigenvalue weighted by Crippen LogP contribution is 2.28. The monoisotopic (exact) mass is 329 g/mol. The Labute approximate surface area is 124 Å². The van der Waals surface area contributed by atoms with Crippen molar-refractivity contribution in [1.82, 2.24) is 0 Å². The normalized spacial score (nSPS) is 13.0. The molecule has 0 heterocycles. The van der Waals surface area contributed by atoms with Crippen molar-refractivity contribution < 1.29 is 0 Å². The number of halogens is 1. The van der Waals surface area contributed by atoms with E-state index in [1.165, 1.54) is 22.6 Å². The minimum atomic E-state index is 0.267. The maximum atomic E-state index is 6.08. The molecule has 1 aromatic rings. The molecule has 18 heavy (non-hydrogen) atoms. The van der Waals surface area contributed by atoms with E-state index in [2.05, 4.69) is 54.9 Å². The topological polar surface area (TPSA) is 26.0 Å². The van der Waals surface area contributed by atoms with Crippen molar-refractivity contribution in [2.24, 2.45) is 11.7 Å². The van der Waals surface area contributed by atoms with E-state index in [0.717, 1.165) is 23.2 Å². The van der Waals surface area contributed by atoms with Crippen molar-refractivity contribution in [2.45, 2.75) is 51.0 Å². The molecule has 2 N–H and O–H groups in total. The van der Waals surface area contributed by atoms with Crippen LogP contribution in [-0.4, -0.2) is 11.8 Å². The van der Waals surface area contributed by atoms with Gasteiger partial charge in [-0.2, -0.15) is 0 Å². The predicted molar refractivity (Wildman–Crippen MR) is 86.3 cm³/mol. The van der Waals surface area contributed by atoms with Gasteiger partial charge in [0.05, 0.1) is 0 Å². The molecule has 102 valence electrons. The van der Waals surface area contributed by atoms with Crippen LogP contribution in [-0.2, 0) is 6.42 Å². The highest BCUT2D eigenvalue weighted by molar-refractivity contribution is 9.10. The molecular weight excluding hydrogens is 306 g/mol. The molecule has 0 aliphatic carbocycles. The third kappa shape index (κ3) is 5.77. The first-order chi connectivity index (χ1) is 8.52. The van der Waals surface area contributed by atoms with Crippen molar-refractivity contribution in [3.8, 4) is 0 Å². The molecule has 1 unspecified atom stereocenters. The summed E-state index contributed by atoms with van der Waals surface area (Å²) in [6, 6.07) is 6.82. The first-order valence-electron chi connectivity index (χ1n) is 6.69. The Kier molecular flexibility index (Phi) is 7.35. The summed E-state index contributed by atoms with van der Waals surface area (Å²) in [4.78, 5) is 1.39. The summed E-state index contributed by atoms with van der Waals surface area (Å²) in [5.74, 6) is 1.96. The van der Waals surface area contributed by atoms with E-state index in [0.29, 0.717) is 0 Å². The Balaban J connectivity index is 2.70. The quantitative estimate of drug-likeness (QED) is 0.722. The average molecular weight is 330 g/mol. The molecule has 0 aliphatic heterocycles. The van der Waals surface area contributed by atoms with Gasteiger partial charge >= 0.3 is 0 Å². The fraction of sp³-hybridized carbons (Fsp3) is 0.600. The molecule has 0 amide bonds. The fourth-order valence-electron chi connectivity index (χ4n) is 1.68. The maximum absolute atomic E-state index is 6.08. The third-order valence-electron chi connectivity index (χ3n) is 2.98. The summed E-state index contributed by atoms with van der Waals surface area (Å²) >= 11 is 5.51. The lowest BCUT2D eigenvalue weighted by atomic mass is 10.1. The van der Waals surface area contributed by atoms with Crippen molar-refractivity contribution in [3.63, 3.8) is 0 Å². The van der Waals surface area contributed by atoms with Crippen LogP contribution in [0.2, 0.25) is 0 Å². The summed E-state index contributed by atoms with van der Waals surface area (Å²) in [7, 11) is 0. The van der Waals surface area contributed by atoms with E-state index in [-0.39, 0.29) is 6.04 Å². The number of nitrogens with two attached hydrogens (primary N) is 1. The highest BCUT2D eigenvalue weighted by atomic mass is 79.9. The average Bonchev–Trinajstić information content (AvgIpc) is 2.31. The van der Waals surface area contributed by atoms with Crippen LogP contribution in [0.15, 0.2) is 27.6 Å². The zero-order chi connectivity index (χ0) is 13.5. The first-order valence-corrected chi connectivity index (χ1v) is 8.47. The van der Waals surface area contributed by atoms with E-state index in [1.54, 1.807) is 0 Å². The van der Waals surface area contributed by atoms with Crippen LogP contribution in [0, 0.1) is 5.92 Å². The maximum Gasteiger partial charge on any atom is 0.0178 e. The first kappa shape index (κ1) is 16.1. The molecule has 0 aliphatic rings. The third-order valence-corrected chi connectivity index (χ3v) is 4.62. The van der Waals surface area contributed by atoms with Crippen LogP contribution in [0.4, 0.5) is 0 Å². The lowest BCUT2D eigenvalue weighted by Gasteiger charge is -2.14. The van der Waals surface area contributed by atoms with E-state index < -0.39 is 0 Å². The minimum absolute atomic E-state index is 0.267. The van der Waals surface area contributed by atoms with Gasteiger partial charge in [-0.05, 0) is 54.7 Å². The van der Waals surface area contributed by atoms with Crippen molar-refractivity contribution in [1.29, 1.82) is 0 Å². The van der Waals surface area contributed by atoms with E-state index >= 15 is 0 Å². The molecule has 0 bridgehead atoms. The number of hydrogen-bond acceptors (Lipinski definition) is 2. The van der Waals surface area contributed by atoms with Gasteiger partial charge in [0.25, 0.3) is 0 Å². The van der Waals surface area contributed by atoms with Gasteiger partial charge in [0.1, 0.15) is 0 Å². The lowest BCUT2D eigenvalue weighted by Crippen LogP contribution is -2.21. The van der Waals surface area contributed by atoms with Crippen LogP contribution in [0.25, 0.3) is 0 Å². The number of thioether (sulfide) groups is 1. The van der Waals surface area contributed by atoms with Gasteiger partial charge in [0.15, 0.2) is 0 Å². The second-order valence-corrected chi connectivity index (χ2v) is 7.21. The van der Waals surface area contributed by atoms with E-state index in [9.17, 15) is 0 Å². The molecule has 0 spiro atoms. The van der Waals surface area contributed by atoms with E-state index in [1.807, 2.05) is 11.8 Å². The minimum Gasteiger partial charge on any atom is -0.327 e. The van der Waals surface area contributed by atoms with Crippen LogP contribution in [0.5, 0.6) is 0 Å². The Morgan fingerprint density at radius 1 is 1.33 bits per heavy atom. The molecule has 0 saturated heterocycles. The van der Waals surface area contributed by atoms with Gasteiger partial charge in [0, 0.05) is 15.4 Å². The Morgan fingerprint density at radius 3 is 2.67 bits per heavy atom. The number of rotatable bonds is 7. The van der Waals surface area contributed by atoms with Crippen LogP contribution >= 0.6 is 27.7 Å². The molecule has 0 fully saturated rings. The SMILES string of the molecule is CCC(N)Cc1cc(Br)ccc1SCCC(C)C. The lowest BCUT2D eigenvalue weighted by molar-refractivity contribution is 0.630. The summed E-state index contributed by atoms with van der Waals surface area (Å²) in [5.41, 5.74) is 7.46. The molecular formula is C15H24BrNS. The van der Waals surface area contributed by atoms with Crippen LogP contribution in [0.1, 0.15) is 39.2 Å². The van der Waals surface area contributed by atoms with Gasteiger partial charge in [-0.3, -0.25) is 0 Å². The van der Waals surface area contributed by atoms with Gasteiger partial charge in [0.2, 0.25) is 0 Å². The second kappa shape index (κ2) is 8.23. The van der Waals surface area contributed by atoms with Crippen molar-refractivity contribution in [3.05, 3.63) is 28.2 Å². The summed E-state index contributed by atoms with van der Waals surface area (Å²) in [6.07, 6.45) is 3.27. The Hall–Kier alpha value is 0.01000. The van der Waals surface area contributed by atoms with Gasteiger partial charge < -0.3 is 5.73 Å². The molecule has 0 saturated carbocycles. The van der Waals surface area contributed by atoms with Gasteiger partial charge in [-0.1, -0.05) is 36.7 Å². The molecule has 1 nitrogen and oxygen atoms in total. The summed E-state index contributed by atoms with van der Waals surface area (Å²) < 4.78 is 1.15. The summed E-state index contributed by atoms with van der Waals surface area (Å²) in [6.45, 7) is 6.69. The molecule has 1 aromatic carbocycles. The molecule has 0 radical (unpaired) electrons. The van der Waals surface area contributed by atoms with Gasteiger partial charge in [-0.15, -0.1) is 11.8 Å². The predicted octanol–water partition coefficient (Wildman–Crippen LogP) is 4.87. The number of hydrogen-bond donors (Lipinski definition) is 1. The van der Waals surface area contributed by atoms with Gasteiger partial charge in [-0.25, -0.2) is 0 Å². The Bertz CT molecular complexity index is 366. The number of benzene rings is 1. The second-order valence-electron chi connectivity index (χ2n) is 5.16. The van der Waals surface area contributed by atoms with E-state index in [4.69, 9.17) is 5.73 Å².